The zero-order valence-electron chi connectivity index (χ0n) is 26.1. The van der Waals surface area contributed by atoms with E-state index >= 15 is 0 Å². The van der Waals surface area contributed by atoms with Gasteiger partial charge in [-0.25, -0.2) is 0 Å². The minimum atomic E-state index is -0.564. The van der Waals surface area contributed by atoms with Gasteiger partial charge in [-0.1, -0.05) is 24.3 Å². The zero-order chi connectivity index (χ0) is 33.1. The highest BCUT2D eigenvalue weighted by Gasteiger charge is 2.19. The van der Waals surface area contributed by atoms with Crippen molar-refractivity contribution in [2.45, 2.75) is 17.1 Å². The van der Waals surface area contributed by atoms with Gasteiger partial charge in [0.2, 0.25) is 11.7 Å². The smallest absolute Gasteiger partial charge is 0.272 e. The number of methoxy groups -OCH3 is 4. The Hall–Kier alpha value is -5.42. The van der Waals surface area contributed by atoms with E-state index in [1.807, 2.05) is 6.07 Å². The summed E-state index contributed by atoms with van der Waals surface area (Å²) in [5, 5.41) is 8.04. The maximum Gasteiger partial charge on any atom is 0.272 e. The molecule has 0 spiro atoms. The van der Waals surface area contributed by atoms with E-state index in [1.54, 1.807) is 99.0 Å². The topological polar surface area (TPSA) is 124 Å². The lowest BCUT2D eigenvalue weighted by molar-refractivity contribution is -0.115. The third-order valence-corrected chi connectivity index (χ3v) is 7.75. The number of rotatable bonds is 13. The van der Waals surface area contributed by atoms with Crippen LogP contribution >= 0.6 is 11.8 Å². The van der Waals surface area contributed by atoms with Crippen LogP contribution in [-0.2, 0) is 9.59 Å². The average molecular weight is 642 g/mol. The molecule has 0 saturated carbocycles. The van der Waals surface area contributed by atoms with Crippen molar-refractivity contribution in [3.63, 3.8) is 0 Å². The van der Waals surface area contributed by atoms with Gasteiger partial charge in [0.15, 0.2) is 11.5 Å². The number of benzene rings is 4. The van der Waals surface area contributed by atoms with Crippen LogP contribution in [0.3, 0.4) is 0 Å². The Labute approximate surface area is 272 Å². The molecule has 0 saturated heterocycles. The van der Waals surface area contributed by atoms with E-state index in [4.69, 9.17) is 18.9 Å². The van der Waals surface area contributed by atoms with E-state index < -0.39 is 17.1 Å². The first-order valence-corrected chi connectivity index (χ1v) is 15.0. The van der Waals surface area contributed by atoms with Gasteiger partial charge in [-0.05, 0) is 85.3 Å². The quantitative estimate of drug-likeness (QED) is 0.116. The fraction of sp³-hybridized carbons (Fsp3) is 0.171. The molecule has 0 fully saturated rings. The van der Waals surface area contributed by atoms with Gasteiger partial charge in [-0.15, -0.1) is 11.8 Å². The predicted molar refractivity (Wildman–Crippen MR) is 180 cm³/mol. The summed E-state index contributed by atoms with van der Waals surface area (Å²) in [6.45, 7) is 1.80. The molecule has 3 N–H and O–H groups in total. The number of ether oxygens (including phenoxy) is 4. The maximum atomic E-state index is 13.6. The van der Waals surface area contributed by atoms with Crippen LogP contribution in [0.25, 0.3) is 6.08 Å². The second-order valence-electron chi connectivity index (χ2n) is 9.80. The van der Waals surface area contributed by atoms with Crippen LogP contribution in [0.5, 0.6) is 23.0 Å². The molecule has 0 aliphatic heterocycles. The number of carbonyl (C=O) groups excluding carboxylic acids is 3. The highest BCUT2D eigenvalue weighted by molar-refractivity contribution is 8.00. The minimum absolute atomic E-state index is 0.0200. The number of carbonyl (C=O) groups is 3. The van der Waals surface area contributed by atoms with Crippen LogP contribution in [0, 0.1) is 0 Å². The standard InChI is InChI=1S/C35H35N3O7S/c1-22(33(39)36-25-14-16-27(42-2)17-15-25)46-28-13-9-12-26(21-28)37-35(41)29(38-34(40)24-10-7-6-8-11-24)18-23-19-30(43-3)32(45-5)31(20-23)44-4/h6-22H,1-5H3,(H,36,39)(H,37,41)(H,38,40)/b29-18+. The molecule has 4 aromatic carbocycles. The third-order valence-electron chi connectivity index (χ3n) is 6.66. The molecule has 0 aromatic heterocycles. The van der Waals surface area contributed by atoms with Gasteiger partial charge in [-0.2, -0.15) is 0 Å². The van der Waals surface area contributed by atoms with Crippen molar-refractivity contribution in [1.82, 2.24) is 5.32 Å². The van der Waals surface area contributed by atoms with Crippen molar-refractivity contribution < 1.29 is 33.3 Å². The molecule has 0 aliphatic rings. The molecule has 0 aliphatic carbocycles. The van der Waals surface area contributed by atoms with Crippen LogP contribution in [0.2, 0.25) is 0 Å². The van der Waals surface area contributed by atoms with Gasteiger partial charge >= 0.3 is 0 Å². The van der Waals surface area contributed by atoms with Crippen molar-refractivity contribution >= 4 is 46.9 Å². The maximum absolute atomic E-state index is 13.6. The van der Waals surface area contributed by atoms with Crippen molar-refractivity contribution in [1.29, 1.82) is 0 Å². The average Bonchev–Trinajstić information content (AvgIpc) is 3.08. The highest BCUT2D eigenvalue weighted by atomic mass is 32.2. The summed E-state index contributed by atoms with van der Waals surface area (Å²) in [5.41, 5.74) is 2.01. The van der Waals surface area contributed by atoms with Gasteiger partial charge in [0, 0.05) is 21.8 Å². The Morgan fingerprint density at radius 1 is 0.717 bits per heavy atom. The SMILES string of the molecule is COc1ccc(NC(=O)C(C)Sc2cccc(NC(=O)/C(=C\c3cc(OC)c(OC)c(OC)c3)NC(=O)c3ccccc3)c2)cc1. The van der Waals surface area contributed by atoms with E-state index in [-0.39, 0.29) is 11.6 Å². The minimum Gasteiger partial charge on any atom is -0.497 e. The molecule has 1 atom stereocenters. The van der Waals surface area contributed by atoms with Crippen molar-refractivity contribution in [2.24, 2.45) is 0 Å². The molecule has 0 bridgehead atoms. The largest absolute Gasteiger partial charge is 0.497 e. The Morgan fingerprint density at radius 3 is 2.00 bits per heavy atom. The molecule has 46 heavy (non-hydrogen) atoms. The van der Waals surface area contributed by atoms with Crippen LogP contribution < -0.4 is 34.9 Å². The first kappa shape index (κ1) is 33.5. The van der Waals surface area contributed by atoms with E-state index in [2.05, 4.69) is 16.0 Å². The van der Waals surface area contributed by atoms with E-state index in [1.165, 1.54) is 39.2 Å². The van der Waals surface area contributed by atoms with Crippen LogP contribution in [0.15, 0.2) is 102 Å². The number of thioether (sulfide) groups is 1. The highest BCUT2D eigenvalue weighted by Crippen LogP contribution is 2.38. The molecule has 238 valence electrons. The van der Waals surface area contributed by atoms with E-state index in [0.29, 0.717) is 45.5 Å². The molecule has 10 nitrogen and oxygen atoms in total. The summed E-state index contributed by atoms with van der Waals surface area (Å²) in [6, 6.07) is 26.1. The van der Waals surface area contributed by atoms with Crippen LogP contribution in [0.4, 0.5) is 11.4 Å². The summed E-state index contributed by atoms with van der Waals surface area (Å²) < 4.78 is 21.5. The summed E-state index contributed by atoms with van der Waals surface area (Å²) in [5.74, 6) is 0.655. The lowest BCUT2D eigenvalue weighted by atomic mass is 10.1. The number of amides is 3. The number of hydrogen-bond acceptors (Lipinski definition) is 8. The fourth-order valence-corrected chi connectivity index (χ4v) is 5.24. The molecule has 3 amide bonds. The summed E-state index contributed by atoms with van der Waals surface area (Å²) in [7, 11) is 6.06. The predicted octanol–water partition coefficient (Wildman–Crippen LogP) is 6.25. The van der Waals surface area contributed by atoms with E-state index in [9.17, 15) is 14.4 Å². The zero-order valence-corrected chi connectivity index (χ0v) is 26.9. The van der Waals surface area contributed by atoms with Gasteiger partial charge in [-0.3, -0.25) is 14.4 Å². The monoisotopic (exact) mass is 641 g/mol. The number of hydrogen-bond donors (Lipinski definition) is 3. The second-order valence-corrected chi connectivity index (χ2v) is 11.2. The van der Waals surface area contributed by atoms with Crippen LogP contribution in [0.1, 0.15) is 22.8 Å². The third kappa shape index (κ3) is 8.82. The van der Waals surface area contributed by atoms with Gasteiger partial charge < -0.3 is 34.9 Å². The lowest BCUT2D eigenvalue weighted by Gasteiger charge is -2.15. The van der Waals surface area contributed by atoms with E-state index in [0.717, 1.165) is 4.90 Å². The Balaban J connectivity index is 1.55. The molecule has 11 heteroatoms. The number of nitrogens with one attached hydrogen (secondary N) is 3. The number of anilines is 2. The fourth-order valence-electron chi connectivity index (χ4n) is 4.32. The molecule has 4 rings (SSSR count). The Morgan fingerprint density at radius 2 is 1.39 bits per heavy atom. The molecule has 4 aromatic rings. The molecule has 0 heterocycles. The molecule has 1 unspecified atom stereocenters. The first-order valence-electron chi connectivity index (χ1n) is 14.2. The lowest BCUT2D eigenvalue weighted by Crippen LogP contribution is -2.30. The summed E-state index contributed by atoms with van der Waals surface area (Å²) in [6.07, 6.45) is 1.52. The molecular weight excluding hydrogens is 606 g/mol. The van der Waals surface area contributed by atoms with Gasteiger partial charge in [0.1, 0.15) is 11.4 Å². The first-order chi connectivity index (χ1) is 22.2. The molecule has 0 radical (unpaired) electrons. The second kappa shape index (κ2) is 16.1. The summed E-state index contributed by atoms with van der Waals surface area (Å²) in [4.78, 5) is 40.4. The van der Waals surface area contributed by atoms with Crippen molar-refractivity contribution in [3.8, 4) is 23.0 Å². The van der Waals surface area contributed by atoms with Crippen molar-refractivity contribution in [2.75, 3.05) is 39.1 Å². The van der Waals surface area contributed by atoms with Crippen molar-refractivity contribution in [3.05, 3.63) is 108 Å². The Kier molecular flexibility index (Phi) is 11.7. The normalized spacial score (nSPS) is 11.5. The van der Waals surface area contributed by atoms with Gasteiger partial charge in [0.25, 0.3) is 11.8 Å². The summed E-state index contributed by atoms with van der Waals surface area (Å²) >= 11 is 1.34. The van der Waals surface area contributed by atoms with Crippen LogP contribution in [-0.4, -0.2) is 51.4 Å². The van der Waals surface area contributed by atoms with Gasteiger partial charge in [0.05, 0.1) is 33.7 Å². The Bertz CT molecular complexity index is 1680. The molecular formula is C35H35N3O7S.